The standard InChI is InChI=1S/C10H8INOS/c11-9-4-8(6-14-9)10(13)7-2-1-3-12-5-7/h1-6,10,13H. The molecule has 0 aliphatic rings. The second-order valence-corrected chi connectivity index (χ2v) is 5.68. The Bertz CT molecular complexity index is 415. The summed E-state index contributed by atoms with van der Waals surface area (Å²) in [6.45, 7) is 0. The Kier molecular flexibility index (Phi) is 3.15. The van der Waals surface area contributed by atoms with Crippen molar-refractivity contribution < 1.29 is 5.11 Å². The van der Waals surface area contributed by atoms with Crippen LogP contribution in [0.1, 0.15) is 17.2 Å². The van der Waals surface area contributed by atoms with Crippen LogP contribution in [-0.4, -0.2) is 10.1 Å². The molecule has 0 aliphatic carbocycles. The Morgan fingerprint density at radius 2 is 2.29 bits per heavy atom. The van der Waals surface area contributed by atoms with Crippen LogP contribution in [0.4, 0.5) is 0 Å². The lowest BCUT2D eigenvalue weighted by atomic mass is 10.1. The second-order valence-electron chi connectivity index (χ2n) is 2.87. The number of aliphatic hydroxyl groups is 1. The molecule has 0 aromatic carbocycles. The fourth-order valence-corrected chi connectivity index (χ4v) is 2.59. The Morgan fingerprint density at radius 1 is 1.43 bits per heavy atom. The SMILES string of the molecule is OC(c1cccnc1)c1csc(I)c1. The van der Waals surface area contributed by atoms with Crippen LogP contribution in [0, 0.1) is 2.88 Å². The van der Waals surface area contributed by atoms with E-state index in [9.17, 15) is 5.11 Å². The Morgan fingerprint density at radius 3 is 2.86 bits per heavy atom. The van der Waals surface area contributed by atoms with Crippen molar-refractivity contribution in [2.24, 2.45) is 0 Å². The van der Waals surface area contributed by atoms with Gasteiger partial charge in [-0.15, -0.1) is 11.3 Å². The van der Waals surface area contributed by atoms with E-state index < -0.39 is 6.10 Å². The van der Waals surface area contributed by atoms with Crippen LogP contribution in [0.25, 0.3) is 0 Å². The Balaban J connectivity index is 2.29. The van der Waals surface area contributed by atoms with E-state index in [1.165, 1.54) is 2.88 Å². The van der Waals surface area contributed by atoms with Crippen molar-refractivity contribution in [3.8, 4) is 0 Å². The van der Waals surface area contributed by atoms with Gasteiger partial charge < -0.3 is 5.11 Å². The molecule has 0 amide bonds. The summed E-state index contributed by atoms with van der Waals surface area (Å²) < 4.78 is 1.18. The van der Waals surface area contributed by atoms with Crippen LogP contribution in [0.15, 0.2) is 36.0 Å². The number of hydrogen-bond acceptors (Lipinski definition) is 3. The van der Waals surface area contributed by atoms with E-state index in [1.807, 2.05) is 23.6 Å². The molecule has 0 saturated carbocycles. The van der Waals surface area contributed by atoms with Crippen molar-refractivity contribution in [3.05, 3.63) is 50.0 Å². The molecular weight excluding hydrogens is 309 g/mol. The molecule has 2 nitrogen and oxygen atoms in total. The Hall–Kier alpha value is -0.460. The third-order valence-electron chi connectivity index (χ3n) is 1.90. The van der Waals surface area contributed by atoms with Gasteiger partial charge in [0.15, 0.2) is 0 Å². The molecule has 2 rings (SSSR count). The van der Waals surface area contributed by atoms with E-state index in [2.05, 4.69) is 27.6 Å². The van der Waals surface area contributed by atoms with Crippen LogP contribution in [-0.2, 0) is 0 Å². The van der Waals surface area contributed by atoms with Gasteiger partial charge in [0.05, 0.1) is 2.88 Å². The molecule has 1 atom stereocenters. The van der Waals surface area contributed by atoms with Crippen LogP contribution in [0.5, 0.6) is 0 Å². The molecule has 0 saturated heterocycles. The van der Waals surface area contributed by atoms with Crippen molar-refractivity contribution in [1.29, 1.82) is 0 Å². The van der Waals surface area contributed by atoms with E-state index >= 15 is 0 Å². The molecule has 0 spiro atoms. The lowest BCUT2D eigenvalue weighted by Crippen LogP contribution is -1.97. The second kappa shape index (κ2) is 4.37. The highest BCUT2D eigenvalue weighted by Crippen LogP contribution is 2.26. The van der Waals surface area contributed by atoms with Crippen molar-refractivity contribution in [3.63, 3.8) is 0 Å². The summed E-state index contributed by atoms with van der Waals surface area (Å²) in [5.41, 5.74) is 1.77. The fraction of sp³-hybridized carbons (Fsp3) is 0.100. The minimum atomic E-state index is -0.552. The van der Waals surface area contributed by atoms with Gasteiger partial charge in [0.2, 0.25) is 0 Å². The number of rotatable bonds is 2. The van der Waals surface area contributed by atoms with Crippen molar-refractivity contribution in [2.75, 3.05) is 0 Å². The maximum atomic E-state index is 9.97. The normalized spacial score (nSPS) is 12.7. The lowest BCUT2D eigenvalue weighted by Gasteiger charge is -2.07. The van der Waals surface area contributed by atoms with E-state index in [-0.39, 0.29) is 0 Å². The molecule has 14 heavy (non-hydrogen) atoms. The largest absolute Gasteiger partial charge is 0.384 e. The van der Waals surface area contributed by atoms with Gasteiger partial charge in [-0.25, -0.2) is 0 Å². The highest BCUT2D eigenvalue weighted by Gasteiger charge is 2.11. The molecule has 2 aromatic rings. The van der Waals surface area contributed by atoms with Gasteiger partial charge in [0.1, 0.15) is 6.10 Å². The summed E-state index contributed by atoms with van der Waals surface area (Å²) in [6, 6.07) is 5.70. The average Bonchev–Trinajstić information content (AvgIpc) is 2.65. The van der Waals surface area contributed by atoms with Gasteiger partial charge in [-0.1, -0.05) is 6.07 Å². The zero-order valence-electron chi connectivity index (χ0n) is 7.22. The number of halogens is 1. The highest BCUT2D eigenvalue weighted by atomic mass is 127. The monoisotopic (exact) mass is 317 g/mol. The van der Waals surface area contributed by atoms with E-state index in [0.717, 1.165) is 11.1 Å². The molecule has 2 aromatic heterocycles. The number of nitrogens with zero attached hydrogens (tertiary/aromatic N) is 1. The molecule has 72 valence electrons. The first-order valence-electron chi connectivity index (χ1n) is 4.09. The zero-order valence-corrected chi connectivity index (χ0v) is 10.2. The minimum absolute atomic E-state index is 0.552. The van der Waals surface area contributed by atoms with Gasteiger partial charge >= 0.3 is 0 Å². The average molecular weight is 317 g/mol. The number of aliphatic hydroxyl groups excluding tert-OH is 1. The molecule has 1 unspecified atom stereocenters. The lowest BCUT2D eigenvalue weighted by molar-refractivity contribution is 0.220. The first-order valence-corrected chi connectivity index (χ1v) is 6.05. The maximum absolute atomic E-state index is 9.97. The van der Waals surface area contributed by atoms with E-state index in [0.29, 0.717) is 0 Å². The van der Waals surface area contributed by atoms with Crippen LogP contribution in [0.3, 0.4) is 0 Å². The molecular formula is C10H8INOS. The molecule has 0 aliphatic heterocycles. The van der Waals surface area contributed by atoms with Crippen LogP contribution in [0.2, 0.25) is 0 Å². The molecule has 4 heteroatoms. The first kappa shape index (κ1) is 10.1. The molecule has 0 radical (unpaired) electrons. The summed E-state index contributed by atoms with van der Waals surface area (Å²) in [5, 5.41) is 11.9. The van der Waals surface area contributed by atoms with Crippen LogP contribution < -0.4 is 0 Å². The van der Waals surface area contributed by atoms with Crippen molar-refractivity contribution in [1.82, 2.24) is 4.98 Å². The number of thiophene rings is 1. The smallest absolute Gasteiger partial charge is 0.106 e. The topological polar surface area (TPSA) is 33.1 Å². The molecule has 0 fully saturated rings. The molecule has 2 heterocycles. The summed E-state index contributed by atoms with van der Waals surface area (Å²) >= 11 is 3.88. The summed E-state index contributed by atoms with van der Waals surface area (Å²) in [4.78, 5) is 3.98. The van der Waals surface area contributed by atoms with Gasteiger partial charge in [-0.2, -0.15) is 0 Å². The summed E-state index contributed by atoms with van der Waals surface area (Å²) in [7, 11) is 0. The van der Waals surface area contributed by atoms with Crippen LogP contribution >= 0.6 is 33.9 Å². The van der Waals surface area contributed by atoms with E-state index in [1.54, 1.807) is 23.7 Å². The molecule has 1 N–H and O–H groups in total. The maximum Gasteiger partial charge on any atom is 0.106 e. The highest BCUT2D eigenvalue weighted by molar-refractivity contribution is 14.1. The van der Waals surface area contributed by atoms with Crippen molar-refractivity contribution >= 4 is 33.9 Å². The number of hydrogen-bond donors (Lipinski definition) is 1. The first-order chi connectivity index (χ1) is 6.77. The van der Waals surface area contributed by atoms with Gasteiger partial charge in [0, 0.05) is 18.0 Å². The zero-order chi connectivity index (χ0) is 9.97. The minimum Gasteiger partial charge on any atom is -0.384 e. The summed E-state index contributed by atoms with van der Waals surface area (Å²) in [6.07, 6.45) is 2.84. The summed E-state index contributed by atoms with van der Waals surface area (Å²) in [5.74, 6) is 0. The quantitative estimate of drug-likeness (QED) is 0.864. The van der Waals surface area contributed by atoms with Crippen molar-refractivity contribution in [2.45, 2.75) is 6.10 Å². The predicted octanol–water partition coefficient (Wildman–Crippen LogP) is 2.83. The number of pyridine rings is 1. The van der Waals surface area contributed by atoms with Gasteiger partial charge in [-0.05, 0) is 45.7 Å². The van der Waals surface area contributed by atoms with Gasteiger partial charge in [0.25, 0.3) is 0 Å². The predicted molar refractivity (Wildman–Crippen MR) is 65.3 cm³/mol. The number of aromatic nitrogens is 1. The fourth-order valence-electron chi connectivity index (χ4n) is 1.20. The third-order valence-corrected chi connectivity index (χ3v) is 3.71. The van der Waals surface area contributed by atoms with E-state index in [4.69, 9.17) is 0 Å². The molecule has 0 bridgehead atoms. The Labute approximate surface area is 99.8 Å². The van der Waals surface area contributed by atoms with Gasteiger partial charge in [-0.3, -0.25) is 4.98 Å². The third kappa shape index (κ3) is 2.13.